The Morgan fingerprint density at radius 2 is 1.76 bits per heavy atom. The normalized spacial score (nSPS) is 36.7. The highest BCUT2D eigenvalue weighted by Crippen LogP contribution is 2.33. The molecule has 1 N–H and O–H groups in total. The van der Waals surface area contributed by atoms with Gasteiger partial charge in [-0.15, -0.1) is 0 Å². The molecule has 0 spiro atoms. The standard InChI is InChI=1S/C15H29NO/c1-2-13-8-5-6-10-15(13)16-11-7-3-4-9-14(16)12-17/h13-15,17H,2-12H2,1H3. The predicted molar refractivity (Wildman–Crippen MR) is 72.1 cm³/mol. The molecule has 3 atom stereocenters. The van der Waals surface area contributed by atoms with Crippen LogP contribution in [0.15, 0.2) is 0 Å². The van der Waals surface area contributed by atoms with Crippen molar-refractivity contribution < 1.29 is 5.11 Å². The van der Waals surface area contributed by atoms with Crippen molar-refractivity contribution in [1.29, 1.82) is 0 Å². The Morgan fingerprint density at radius 3 is 2.53 bits per heavy atom. The molecule has 0 aromatic heterocycles. The van der Waals surface area contributed by atoms with Crippen LogP contribution in [0.2, 0.25) is 0 Å². The van der Waals surface area contributed by atoms with Crippen molar-refractivity contribution in [3.63, 3.8) is 0 Å². The molecule has 2 fully saturated rings. The van der Waals surface area contributed by atoms with E-state index in [1.54, 1.807) is 0 Å². The van der Waals surface area contributed by atoms with Gasteiger partial charge in [0.1, 0.15) is 0 Å². The average molecular weight is 239 g/mol. The number of hydrogen-bond donors (Lipinski definition) is 1. The molecule has 17 heavy (non-hydrogen) atoms. The minimum atomic E-state index is 0.368. The molecule has 0 amide bonds. The molecule has 1 saturated heterocycles. The van der Waals surface area contributed by atoms with Gasteiger partial charge in [-0.2, -0.15) is 0 Å². The van der Waals surface area contributed by atoms with Gasteiger partial charge in [0, 0.05) is 12.1 Å². The van der Waals surface area contributed by atoms with E-state index in [0.717, 1.165) is 12.0 Å². The minimum Gasteiger partial charge on any atom is -0.395 e. The van der Waals surface area contributed by atoms with Crippen molar-refractivity contribution in [2.45, 2.75) is 76.8 Å². The van der Waals surface area contributed by atoms with E-state index in [-0.39, 0.29) is 0 Å². The van der Waals surface area contributed by atoms with E-state index in [2.05, 4.69) is 11.8 Å². The van der Waals surface area contributed by atoms with Crippen molar-refractivity contribution in [1.82, 2.24) is 4.90 Å². The van der Waals surface area contributed by atoms with Crippen LogP contribution < -0.4 is 0 Å². The lowest BCUT2D eigenvalue weighted by molar-refractivity contribution is 0.0360. The molecule has 3 unspecified atom stereocenters. The molecule has 2 rings (SSSR count). The van der Waals surface area contributed by atoms with Crippen molar-refractivity contribution in [3.8, 4) is 0 Å². The zero-order valence-corrected chi connectivity index (χ0v) is 11.4. The van der Waals surface area contributed by atoms with Crippen LogP contribution in [0.25, 0.3) is 0 Å². The molecule has 100 valence electrons. The summed E-state index contributed by atoms with van der Waals surface area (Å²) in [6, 6.07) is 1.22. The van der Waals surface area contributed by atoms with Gasteiger partial charge in [0.15, 0.2) is 0 Å². The van der Waals surface area contributed by atoms with Crippen LogP contribution in [-0.2, 0) is 0 Å². The summed E-state index contributed by atoms with van der Waals surface area (Å²) in [5, 5.41) is 9.63. The summed E-state index contributed by atoms with van der Waals surface area (Å²) in [4.78, 5) is 2.68. The summed E-state index contributed by atoms with van der Waals surface area (Å²) >= 11 is 0. The number of aliphatic hydroxyl groups excluding tert-OH is 1. The van der Waals surface area contributed by atoms with Crippen LogP contribution >= 0.6 is 0 Å². The third-order valence-electron chi connectivity index (χ3n) is 4.95. The van der Waals surface area contributed by atoms with E-state index >= 15 is 0 Å². The second-order valence-electron chi connectivity index (χ2n) is 5.94. The third-order valence-corrected chi connectivity index (χ3v) is 4.95. The van der Waals surface area contributed by atoms with Crippen LogP contribution in [-0.4, -0.2) is 35.2 Å². The Bertz CT molecular complexity index is 219. The summed E-state index contributed by atoms with van der Waals surface area (Å²) in [5.41, 5.74) is 0. The Morgan fingerprint density at radius 1 is 1.00 bits per heavy atom. The Hall–Kier alpha value is -0.0800. The van der Waals surface area contributed by atoms with Crippen LogP contribution in [0.1, 0.15) is 64.7 Å². The van der Waals surface area contributed by atoms with Crippen molar-refractivity contribution in [2.75, 3.05) is 13.2 Å². The van der Waals surface area contributed by atoms with E-state index in [0.29, 0.717) is 12.6 Å². The lowest BCUT2D eigenvalue weighted by atomic mass is 9.81. The molecular weight excluding hydrogens is 210 g/mol. The van der Waals surface area contributed by atoms with Crippen LogP contribution in [0.3, 0.4) is 0 Å². The van der Waals surface area contributed by atoms with E-state index in [4.69, 9.17) is 0 Å². The van der Waals surface area contributed by atoms with Gasteiger partial charge in [0.05, 0.1) is 6.61 Å². The second-order valence-corrected chi connectivity index (χ2v) is 5.94. The van der Waals surface area contributed by atoms with Gasteiger partial charge < -0.3 is 5.11 Å². The molecule has 0 bridgehead atoms. The highest BCUT2D eigenvalue weighted by atomic mass is 16.3. The molecular formula is C15H29NO. The Kier molecular flexibility index (Phi) is 5.30. The Labute approximate surface area is 106 Å². The zero-order chi connectivity index (χ0) is 12.1. The van der Waals surface area contributed by atoms with Crippen LogP contribution in [0, 0.1) is 5.92 Å². The summed E-state index contributed by atoms with van der Waals surface area (Å²) in [6.07, 6.45) is 12.1. The third kappa shape index (κ3) is 3.23. The molecule has 1 aliphatic carbocycles. The first kappa shape index (κ1) is 13.4. The first-order valence-corrected chi connectivity index (χ1v) is 7.73. The SMILES string of the molecule is CCC1CCCCC1N1CCCCCC1CO. The van der Waals surface area contributed by atoms with Gasteiger partial charge in [-0.3, -0.25) is 4.90 Å². The number of rotatable bonds is 3. The summed E-state index contributed by atoms with van der Waals surface area (Å²) in [7, 11) is 0. The quantitative estimate of drug-likeness (QED) is 0.817. The van der Waals surface area contributed by atoms with E-state index in [9.17, 15) is 5.11 Å². The number of aliphatic hydroxyl groups is 1. The molecule has 1 heterocycles. The smallest absolute Gasteiger partial charge is 0.0586 e. The highest BCUT2D eigenvalue weighted by molar-refractivity contribution is 4.87. The molecule has 2 aliphatic rings. The van der Waals surface area contributed by atoms with E-state index < -0.39 is 0 Å². The number of likely N-dealkylation sites (tertiary alicyclic amines) is 1. The average Bonchev–Trinajstić information content (AvgIpc) is 2.63. The van der Waals surface area contributed by atoms with Gasteiger partial charge in [0.2, 0.25) is 0 Å². The predicted octanol–water partition coefficient (Wildman–Crippen LogP) is 3.19. The first-order valence-electron chi connectivity index (χ1n) is 7.73. The highest BCUT2D eigenvalue weighted by Gasteiger charge is 2.33. The van der Waals surface area contributed by atoms with Crippen molar-refractivity contribution in [3.05, 3.63) is 0 Å². The Balaban J connectivity index is 2.04. The van der Waals surface area contributed by atoms with Crippen molar-refractivity contribution >= 4 is 0 Å². The first-order chi connectivity index (χ1) is 8.36. The van der Waals surface area contributed by atoms with E-state index in [1.165, 1.54) is 64.3 Å². The van der Waals surface area contributed by atoms with Gasteiger partial charge in [-0.1, -0.05) is 39.0 Å². The van der Waals surface area contributed by atoms with Crippen LogP contribution in [0.5, 0.6) is 0 Å². The summed E-state index contributed by atoms with van der Waals surface area (Å²) in [6.45, 7) is 3.94. The minimum absolute atomic E-state index is 0.368. The molecule has 2 nitrogen and oxygen atoms in total. The number of nitrogens with zero attached hydrogens (tertiary/aromatic N) is 1. The summed E-state index contributed by atoms with van der Waals surface area (Å²) < 4.78 is 0. The maximum absolute atomic E-state index is 9.63. The zero-order valence-electron chi connectivity index (χ0n) is 11.4. The van der Waals surface area contributed by atoms with Crippen LogP contribution in [0.4, 0.5) is 0 Å². The fourth-order valence-corrected chi connectivity index (χ4v) is 3.93. The van der Waals surface area contributed by atoms with E-state index in [1.807, 2.05) is 0 Å². The maximum Gasteiger partial charge on any atom is 0.0586 e. The van der Waals surface area contributed by atoms with Gasteiger partial charge in [-0.25, -0.2) is 0 Å². The van der Waals surface area contributed by atoms with Gasteiger partial charge >= 0.3 is 0 Å². The molecule has 0 radical (unpaired) electrons. The lowest BCUT2D eigenvalue weighted by Gasteiger charge is -2.43. The molecule has 0 aromatic rings. The molecule has 2 heteroatoms. The molecule has 1 aliphatic heterocycles. The van der Waals surface area contributed by atoms with Gasteiger partial charge in [0.25, 0.3) is 0 Å². The molecule has 1 saturated carbocycles. The van der Waals surface area contributed by atoms with Gasteiger partial charge in [-0.05, 0) is 38.1 Å². The monoisotopic (exact) mass is 239 g/mol. The topological polar surface area (TPSA) is 23.5 Å². The lowest BCUT2D eigenvalue weighted by Crippen LogP contribution is -2.49. The molecule has 0 aromatic carbocycles. The largest absolute Gasteiger partial charge is 0.395 e. The summed E-state index contributed by atoms with van der Waals surface area (Å²) in [5.74, 6) is 0.885. The maximum atomic E-state index is 9.63. The number of hydrogen-bond acceptors (Lipinski definition) is 2. The van der Waals surface area contributed by atoms with Crippen molar-refractivity contribution in [2.24, 2.45) is 5.92 Å². The fourth-order valence-electron chi connectivity index (χ4n) is 3.93. The second kappa shape index (κ2) is 6.75. The fraction of sp³-hybridized carbons (Fsp3) is 1.00.